The summed E-state index contributed by atoms with van der Waals surface area (Å²) in [6, 6.07) is 20.9. The fraction of sp³-hybridized carbons (Fsp3) is 0.100. The summed E-state index contributed by atoms with van der Waals surface area (Å²) in [5, 5.41) is 0. The van der Waals surface area contributed by atoms with Crippen molar-refractivity contribution in [1.82, 2.24) is 0 Å². The van der Waals surface area contributed by atoms with Crippen LogP contribution in [-0.4, -0.2) is 19.8 Å². The van der Waals surface area contributed by atoms with Gasteiger partial charge in [0, 0.05) is 9.75 Å². The SMILES string of the molecule is C/C(=N\SOOc1ccccc1)c1ccc(/C(C)=N/S(=O)(=O)c2ccccc2)s1.[Cl][Fe][Cl]. The van der Waals surface area contributed by atoms with Crippen LogP contribution in [0.15, 0.2) is 86.5 Å². The Bertz CT molecular complexity index is 1140. The average molecular weight is 573 g/mol. The summed E-state index contributed by atoms with van der Waals surface area (Å²) in [5.41, 5.74) is 1.15. The fourth-order valence-electron chi connectivity index (χ4n) is 2.24. The predicted molar refractivity (Wildman–Crippen MR) is 130 cm³/mol. The number of benzene rings is 2. The van der Waals surface area contributed by atoms with Gasteiger partial charge < -0.3 is 4.89 Å². The molecule has 0 atom stereocenters. The molecule has 0 N–H and O–H groups in total. The molecular formula is C20H18Cl2FeN2O4S3. The van der Waals surface area contributed by atoms with E-state index in [1.165, 1.54) is 23.5 Å². The molecule has 12 heteroatoms. The van der Waals surface area contributed by atoms with Crippen molar-refractivity contribution in [3.63, 3.8) is 0 Å². The summed E-state index contributed by atoms with van der Waals surface area (Å²) in [4.78, 5) is 6.90. The van der Waals surface area contributed by atoms with Crippen LogP contribution in [0.5, 0.6) is 5.75 Å². The minimum absolute atomic E-state index is 0.167. The van der Waals surface area contributed by atoms with E-state index in [4.69, 9.17) is 29.4 Å². The van der Waals surface area contributed by atoms with Gasteiger partial charge >= 0.3 is 33.3 Å². The molecule has 0 fully saturated rings. The monoisotopic (exact) mass is 572 g/mol. The van der Waals surface area contributed by atoms with Crippen LogP contribution in [0, 0.1) is 0 Å². The van der Waals surface area contributed by atoms with Crippen LogP contribution in [-0.2, 0) is 27.5 Å². The Kier molecular flexibility index (Phi) is 11.8. The third kappa shape index (κ3) is 8.88. The Morgan fingerprint density at radius 2 is 1.44 bits per heavy atom. The molecule has 0 radical (unpaired) electrons. The number of hydrogen-bond donors (Lipinski definition) is 0. The average Bonchev–Trinajstić information content (AvgIpc) is 3.29. The van der Waals surface area contributed by atoms with Crippen LogP contribution < -0.4 is 4.89 Å². The van der Waals surface area contributed by atoms with E-state index in [0.29, 0.717) is 11.5 Å². The Morgan fingerprint density at radius 1 is 0.906 bits per heavy atom. The van der Waals surface area contributed by atoms with Gasteiger partial charge in [0.05, 0.1) is 16.3 Å². The van der Waals surface area contributed by atoms with Crippen molar-refractivity contribution in [1.29, 1.82) is 0 Å². The summed E-state index contributed by atoms with van der Waals surface area (Å²) in [7, 11) is 5.79. The van der Waals surface area contributed by atoms with E-state index >= 15 is 0 Å². The second-order valence-corrected chi connectivity index (χ2v) is 10.9. The maximum absolute atomic E-state index is 12.4. The second kappa shape index (κ2) is 14.0. The molecule has 172 valence electrons. The Morgan fingerprint density at radius 3 is 2.03 bits per heavy atom. The molecule has 0 aliphatic rings. The summed E-state index contributed by atoms with van der Waals surface area (Å²) < 4.78 is 38.0. The number of hydrogen-bond acceptors (Lipinski definition) is 7. The molecule has 1 aromatic heterocycles. The first kappa shape index (κ1) is 26.9. The molecule has 0 unspecified atom stereocenters. The van der Waals surface area contributed by atoms with E-state index in [-0.39, 0.29) is 18.0 Å². The van der Waals surface area contributed by atoms with Crippen LogP contribution in [0.3, 0.4) is 0 Å². The normalized spacial score (nSPS) is 12.2. The van der Waals surface area contributed by atoms with Gasteiger partial charge in [0.25, 0.3) is 10.0 Å². The standard InChI is InChI=1S/C20H18N2O4S3.2ClH.Fe/c1-15(21-28-26-25-17-9-5-3-6-10-17)19-13-14-20(27-19)16(2)22-29(23,24)18-11-7-4-8-12-18;;;/h3-14H,1-2H3;2*1H;/q;;;+2/p-2/b21-15+,22-16+;;;. The van der Waals surface area contributed by atoms with Gasteiger partial charge in [0.15, 0.2) is 18.0 Å². The van der Waals surface area contributed by atoms with Crippen LogP contribution >= 0.6 is 43.8 Å². The summed E-state index contributed by atoms with van der Waals surface area (Å²) in [6.07, 6.45) is 0. The van der Waals surface area contributed by atoms with Gasteiger partial charge in [-0.15, -0.1) is 11.3 Å². The molecule has 0 spiro atoms. The molecular weight excluding hydrogens is 555 g/mol. The fourth-order valence-corrected chi connectivity index (χ4v) is 4.67. The molecule has 0 saturated heterocycles. The number of rotatable bonds is 8. The van der Waals surface area contributed by atoms with Crippen molar-refractivity contribution in [2.45, 2.75) is 18.7 Å². The molecule has 6 nitrogen and oxygen atoms in total. The molecule has 1 heterocycles. The third-order valence-electron chi connectivity index (χ3n) is 3.70. The van der Waals surface area contributed by atoms with Gasteiger partial charge in [-0.2, -0.15) is 17.2 Å². The minimum atomic E-state index is -3.74. The van der Waals surface area contributed by atoms with Crippen LogP contribution in [0.2, 0.25) is 0 Å². The van der Waals surface area contributed by atoms with E-state index in [1.54, 1.807) is 37.3 Å². The first-order valence-electron chi connectivity index (χ1n) is 8.79. The van der Waals surface area contributed by atoms with Crippen LogP contribution in [0.1, 0.15) is 23.6 Å². The Hall–Kier alpha value is -1.36. The summed E-state index contributed by atoms with van der Waals surface area (Å²) in [5.74, 6) is 0.581. The predicted octanol–water partition coefficient (Wildman–Crippen LogP) is 6.71. The van der Waals surface area contributed by atoms with E-state index in [1.807, 2.05) is 37.3 Å². The number of halogens is 2. The summed E-state index contributed by atoms with van der Waals surface area (Å²) >= 11 is 2.42. The van der Waals surface area contributed by atoms with Gasteiger partial charge in [-0.05, 0) is 50.2 Å². The van der Waals surface area contributed by atoms with E-state index in [0.717, 1.165) is 27.7 Å². The van der Waals surface area contributed by atoms with Gasteiger partial charge in [-0.25, -0.2) is 0 Å². The van der Waals surface area contributed by atoms with Gasteiger partial charge in [0.1, 0.15) is 0 Å². The van der Waals surface area contributed by atoms with E-state index in [9.17, 15) is 8.42 Å². The molecule has 0 bridgehead atoms. The number of nitrogens with zero attached hydrogens (tertiary/aromatic N) is 2. The number of para-hydroxylation sites is 1. The van der Waals surface area contributed by atoms with Crippen LogP contribution in [0.4, 0.5) is 0 Å². The first-order valence-corrected chi connectivity index (χ1v) is 14.8. The molecule has 0 aliphatic carbocycles. The van der Waals surface area contributed by atoms with Crippen molar-refractivity contribution in [3.05, 3.63) is 82.6 Å². The Labute approximate surface area is 210 Å². The van der Waals surface area contributed by atoms with Crippen molar-refractivity contribution in [3.8, 4) is 5.75 Å². The summed E-state index contributed by atoms with van der Waals surface area (Å²) in [6.45, 7) is 3.51. The molecule has 0 amide bonds. The third-order valence-corrected chi connectivity index (χ3v) is 6.86. The van der Waals surface area contributed by atoms with Crippen molar-refractivity contribution in [2.24, 2.45) is 8.80 Å². The van der Waals surface area contributed by atoms with Gasteiger partial charge in [-0.3, -0.25) is 0 Å². The molecule has 3 rings (SSSR count). The van der Waals surface area contributed by atoms with Crippen molar-refractivity contribution in [2.75, 3.05) is 0 Å². The second-order valence-electron chi connectivity index (χ2n) is 5.89. The van der Waals surface area contributed by atoms with Gasteiger partial charge in [-0.1, -0.05) is 40.7 Å². The molecule has 2 aromatic carbocycles. The van der Waals surface area contributed by atoms with Gasteiger partial charge in [0.2, 0.25) is 0 Å². The molecule has 0 saturated carbocycles. The Balaban J connectivity index is 0.00000114. The number of sulfonamides is 1. The zero-order chi connectivity index (χ0) is 23.4. The zero-order valence-corrected chi connectivity index (χ0v) is 21.9. The van der Waals surface area contributed by atoms with Crippen LogP contribution in [0.25, 0.3) is 0 Å². The topological polar surface area (TPSA) is 77.3 Å². The quantitative estimate of drug-likeness (QED) is 0.0570. The zero-order valence-electron chi connectivity index (χ0n) is 16.8. The first-order chi connectivity index (χ1) is 15.4. The molecule has 3 aromatic rings. The number of thiophene rings is 1. The van der Waals surface area contributed by atoms with E-state index in [2.05, 4.69) is 8.80 Å². The molecule has 0 aliphatic heterocycles. The van der Waals surface area contributed by atoms with Crippen molar-refractivity contribution >= 4 is 65.2 Å². The van der Waals surface area contributed by atoms with E-state index < -0.39 is 10.0 Å². The maximum atomic E-state index is 12.4. The molecule has 32 heavy (non-hydrogen) atoms. The van der Waals surface area contributed by atoms with Crippen molar-refractivity contribution < 1.29 is 30.8 Å².